The van der Waals surface area contributed by atoms with Crippen LogP contribution in [0.1, 0.15) is 65.7 Å². The van der Waals surface area contributed by atoms with Gasteiger partial charge >= 0.3 is 0 Å². The minimum Gasteiger partial charge on any atom is -0.487 e. The third kappa shape index (κ3) is 3.70. The fraction of sp³-hybridized carbons (Fsp3) is 0.520. The molecule has 2 N–H and O–H groups in total. The van der Waals surface area contributed by atoms with Gasteiger partial charge in [-0.25, -0.2) is 0 Å². The number of likely N-dealkylation sites (tertiary alicyclic amines) is 1. The van der Waals surface area contributed by atoms with E-state index in [1.165, 1.54) is 24.0 Å². The van der Waals surface area contributed by atoms with E-state index in [1.807, 2.05) is 25.1 Å². The highest BCUT2D eigenvalue weighted by atomic mass is 16.5. The molecule has 154 valence electrons. The highest BCUT2D eigenvalue weighted by Crippen LogP contribution is 2.44. The van der Waals surface area contributed by atoms with E-state index in [-0.39, 0.29) is 5.60 Å². The first-order valence-corrected chi connectivity index (χ1v) is 11.0. The normalized spacial score (nSPS) is 24.0. The third-order valence-electron chi connectivity index (χ3n) is 7.12. The molecule has 1 aliphatic carbocycles. The summed E-state index contributed by atoms with van der Waals surface area (Å²) in [4.78, 5) is 2.34. The Morgan fingerprint density at radius 2 is 1.90 bits per heavy atom. The molecule has 2 atom stereocenters. The molecule has 2 aliphatic heterocycles. The van der Waals surface area contributed by atoms with Crippen molar-refractivity contribution in [2.24, 2.45) is 0 Å². The van der Waals surface area contributed by atoms with Crippen molar-refractivity contribution in [3.05, 3.63) is 64.2 Å². The predicted octanol–water partition coefficient (Wildman–Crippen LogP) is 3.87. The van der Waals surface area contributed by atoms with E-state index < -0.39 is 12.2 Å². The second-order valence-corrected chi connectivity index (χ2v) is 9.24. The summed E-state index contributed by atoms with van der Waals surface area (Å²) in [5, 5.41) is 21.5. The maximum atomic E-state index is 10.8. The molecule has 0 amide bonds. The molecule has 3 aliphatic rings. The van der Waals surface area contributed by atoms with E-state index in [0.29, 0.717) is 13.0 Å². The maximum absolute atomic E-state index is 10.8. The van der Waals surface area contributed by atoms with Gasteiger partial charge in [0.15, 0.2) is 0 Å². The molecule has 0 saturated carbocycles. The van der Waals surface area contributed by atoms with E-state index in [9.17, 15) is 10.2 Å². The number of fused-ring (bicyclic) bond motifs is 2. The van der Waals surface area contributed by atoms with Crippen LogP contribution >= 0.6 is 0 Å². The number of aliphatic hydroxyl groups excluding tert-OH is 2. The van der Waals surface area contributed by atoms with Crippen LogP contribution in [0.5, 0.6) is 5.75 Å². The highest BCUT2D eigenvalue weighted by Gasteiger charge is 2.43. The van der Waals surface area contributed by atoms with Crippen LogP contribution in [0.3, 0.4) is 0 Å². The van der Waals surface area contributed by atoms with E-state index in [2.05, 4.69) is 23.1 Å². The first-order chi connectivity index (χ1) is 14.0. The smallest absolute Gasteiger partial charge is 0.125 e. The number of aliphatic hydroxyl groups is 2. The minimum absolute atomic E-state index is 0.281. The van der Waals surface area contributed by atoms with Crippen molar-refractivity contribution in [1.82, 2.24) is 4.90 Å². The summed E-state index contributed by atoms with van der Waals surface area (Å²) < 4.78 is 6.42. The van der Waals surface area contributed by atoms with Crippen molar-refractivity contribution in [1.29, 1.82) is 0 Å². The van der Waals surface area contributed by atoms with Gasteiger partial charge in [-0.3, -0.25) is 0 Å². The molecule has 1 saturated heterocycles. The second kappa shape index (κ2) is 7.42. The van der Waals surface area contributed by atoms with Crippen LogP contribution in [0.15, 0.2) is 36.4 Å². The molecule has 5 rings (SSSR count). The number of hydrogen-bond acceptors (Lipinski definition) is 4. The Labute approximate surface area is 173 Å². The summed E-state index contributed by atoms with van der Waals surface area (Å²) in [5.41, 5.74) is 5.70. The van der Waals surface area contributed by atoms with Crippen LogP contribution in [0.2, 0.25) is 0 Å². The number of hydrogen-bond donors (Lipinski definition) is 2. The Bertz CT molecular complexity index is 901. The second-order valence-electron chi connectivity index (χ2n) is 9.24. The standard InChI is InChI=1S/C25H31NO3/c1-17-5-8-24-21(13-17)22(27)15-25(29-24)9-11-26(12-10-25)16-23(28)20-7-6-18-3-2-4-19(18)14-20/h5-8,13-14,22-23,27-28H,2-4,9-12,15-16H2,1H3. The zero-order valence-corrected chi connectivity index (χ0v) is 17.2. The molecule has 4 heteroatoms. The fourth-order valence-electron chi connectivity index (χ4n) is 5.36. The summed E-state index contributed by atoms with van der Waals surface area (Å²) in [7, 11) is 0. The number of β-amino-alcohol motifs (C(OH)–C–C–N with tert-alkyl or cyclic N) is 1. The van der Waals surface area contributed by atoms with Gasteiger partial charge in [0.05, 0.1) is 12.2 Å². The van der Waals surface area contributed by atoms with Crippen molar-refractivity contribution >= 4 is 0 Å². The Morgan fingerprint density at radius 3 is 2.72 bits per heavy atom. The largest absolute Gasteiger partial charge is 0.487 e. The van der Waals surface area contributed by atoms with E-state index in [4.69, 9.17) is 4.74 Å². The molecule has 2 aromatic carbocycles. The Balaban J connectivity index is 1.22. The minimum atomic E-state index is -0.456. The molecule has 0 bridgehead atoms. The van der Waals surface area contributed by atoms with Crippen molar-refractivity contribution in [3.8, 4) is 5.75 Å². The lowest BCUT2D eigenvalue weighted by Crippen LogP contribution is -2.51. The van der Waals surface area contributed by atoms with Crippen molar-refractivity contribution in [2.75, 3.05) is 19.6 Å². The van der Waals surface area contributed by atoms with Crippen LogP contribution in [0.25, 0.3) is 0 Å². The van der Waals surface area contributed by atoms with Gasteiger partial charge in [-0.15, -0.1) is 0 Å². The van der Waals surface area contributed by atoms with Gasteiger partial charge in [-0.1, -0.05) is 29.8 Å². The Morgan fingerprint density at radius 1 is 1.10 bits per heavy atom. The van der Waals surface area contributed by atoms with E-state index in [1.54, 1.807) is 0 Å². The molecular weight excluding hydrogens is 362 g/mol. The quantitative estimate of drug-likeness (QED) is 0.831. The molecule has 1 spiro atoms. The van der Waals surface area contributed by atoms with Gasteiger partial charge in [-0.2, -0.15) is 0 Å². The average Bonchev–Trinajstić information content (AvgIpc) is 3.18. The summed E-state index contributed by atoms with van der Waals surface area (Å²) in [6.45, 7) is 4.47. The number of aryl methyl sites for hydroxylation is 3. The van der Waals surface area contributed by atoms with E-state index >= 15 is 0 Å². The third-order valence-corrected chi connectivity index (χ3v) is 7.12. The van der Waals surface area contributed by atoms with Crippen molar-refractivity contribution in [3.63, 3.8) is 0 Å². The number of ether oxygens (including phenoxy) is 1. The lowest BCUT2D eigenvalue weighted by atomic mass is 9.81. The number of piperidine rings is 1. The zero-order chi connectivity index (χ0) is 20.0. The van der Waals surface area contributed by atoms with Gasteiger partial charge in [0.1, 0.15) is 11.4 Å². The molecule has 0 aromatic heterocycles. The van der Waals surface area contributed by atoms with Crippen molar-refractivity contribution in [2.45, 2.75) is 63.3 Å². The molecule has 2 heterocycles. The first kappa shape index (κ1) is 19.1. The van der Waals surface area contributed by atoms with Gasteiger partial charge in [0, 0.05) is 31.6 Å². The predicted molar refractivity (Wildman–Crippen MR) is 113 cm³/mol. The summed E-state index contributed by atoms with van der Waals surface area (Å²) in [6, 6.07) is 12.6. The molecule has 1 fully saturated rings. The molecule has 29 heavy (non-hydrogen) atoms. The number of nitrogens with zero attached hydrogens (tertiary/aromatic N) is 1. The van der Waals surface area contributed by atoms with Crippen LogP contribution in [0, 0.1) is 6.92 Å². The van der Waals surface area contributed by atoms with Gasteiger partial charge < -0.3 is 19.8 Å². The van der Waals surface area contributed by atoms with Crippen molar-refractivity contribution < 1.29 is 14.9 Å². The summed E-state index contributed by atoms with van der Waals surface area (Å²) in [5.74, 6) is 0.834. The molecule has 4 nitrogen and oxygen atoms in total. The number of rotatable bonds is 3. The SMILES string of the molecule is Cc1ccc2c(c1)C(O)CC1(CCN(CC(O)c3ccc4c(c3)CCC4)CC1)O2. The van der Waals surface area contributed by atoms with Crippen LogP contribution in [0.4, 0.5) is 0 Å². The number of benzene rings is 2. The lowest BCUT2D eigenvalue weighted by Gasteiger charge is -2.46. The Kier molecular flexibility index (Phi) is 4.89. The maximum Gasteiger partial charge on any atom is 0.125 e. The molecule has 2 unspecified atom stereocenters. The lowest BCUT2D eigenvalue weighted by molar-refractivity contribution is -0.0588. The fourth-order valence-corrected chi connectivity index (χ4v) is 5.36. The van der Waals surface area contributed by atoms with Crippen LogP contribution in [-0.4, -0.2) is 40.3 Å². The first-order valence-electron chi connectivity index (χ1n) is 11.0. The average molecular weight is 394 g/mol. The summed E-state index contributed by atoms with van der Waals surface area (Å²) in [6.07, 6.45) is 5.07. The summed E-state index contributed by atoms with van der Waals surface area (Å²) >= 11 is 0. The van der Waals surface area contributed by atoms with Gasteiger partial charge in [0.25, 0.3) is 0 Å². The van der Waals surface area contributed by atoms with Crippen LogP contribution in [-0.2, 0) is 12.8 Å². The monoisotopic (exact) mass is 393 g/mol. The van der Waals surface area contributed by atoms with Gasteiger partial charge in [0.2, 0.25) is 0 Å². The molecule has 2 aromatic rings. The van der Waals surface area contributed by atoms with E-state index in [0.717, 1.165) is 54.8 Å². The molecule has 0 radical (unpaired) electrons. The van der Waals surface area contributed by atoms with Crippen LogP contribution < -0.4 is 4.74 Å². The topological polar surface area (TPSA) is 52.9 Å². The highest BCUT2D eigenvalue weighted by molar-refractivity contribution is 5.41. The van der Waals surface area contributed by atoms with Gasteiger partial charge in [-0.05, 0) is 67.9 Å². The zero-order valence-electron chi connectivity index (χ0n) is 17.2. The Hall–Kier alpha value is -1.88. The molecular formula is C25H31NO3.